The van der Waals surface area contributed by atoms with Crippen LogP contribution in [0.2, 0.25) is 0 Å². The molecule has 0 aliphatic rings. The summed E-state index contributed by atoms with van der Waals surface area (Å²) in [6.07, 6.45) is 3.90. The van der Waals surface area contributed by atoms with Gasteiger partial charge in [-0.15, -0.1) is 0 Å². The molecule has 0 bridgehead atoms. The highest BCUT2D eigenvalue weighted by atomic mass is 14.9. The van der Waals surface area contributed by atoms with E-state index < -0.39 is 0 Å². The predicted molar refractivity (Wildman–Crippen MR) is 88.6 cm³/mol. The first-order chi connectivity index (χ1) is 8.61. The standard InChI is InChI=1S/C18H39N/c1-10-12-15(5)18(9,14(3)4)16(6)13-17(7,8)19-11-2/h14-16,19H,10-13H2,1-9H3/t15?,16-,18?/m1/s1. The van der Waals surface area contributed by atoms with Gasteiger partial charge in [-0.2, -0.15) is 0 Å². The zero-order chi connectivity index (χ0) is 15.3. The minimum absolute atomic E-state index is 0.246. The fourth-order valence-corrected chi connectivity index (χ4v) is 3.90. The number of hydrogen-bond acceptors (Lipinski definition) is 1. The topological polar surface area (TPSA) is 12.0 Å². The van der Waals surface area contributed by atoms with Crippen LogP contribution in [0.15, 0.2) is 0 Å². The first-order valence-corrected chi connectivity index (χ1v) is 8.36. The smallest absolute Gasteiger partial charge is 0.0127 e. The van der Waals surface area contributed by atoms with Crippen LogP contribution in [0, 0.1) is 23.2 Å². The van der Waals surface area contributed by atoms with Crippen molar-refractivity contribution < 1.29 is 0 Å². The third kappa shape index (κ3) is 5.10. The Balaban J connectivity index is 4.98. The molecule has 1 nitrogen and oxygen atoms in total. The van der Waals surface area contributed by atoms with Gasteiger partial charge in [0.2, 0.25) is 0 Å². The van der Waals surface area contributed by atoms with Gasteiger partial charge in [-0.1, -0.05) is 61.3 Å². The molecule has 1 heteroatoms. The predicted octanol–water partition coefficient (Wildman–Crippen LogP) is 5.50. The van der Waals surface area contributed by atoms with E-state index >= 15 is 0 Å². The van der Waals surface area contributed by atoms with Gasteiger partial charge in [0.15, 0.2) is 0 Å². The first-order valence-electron chi connectivity index (χ1n) is 8.36. The number of rotatable bonds is 9. The van der Waals surface area contributed by atoms with Gasteiger partial charge in [-0.3, -0.25) is 0 Å². The van der Waals surface area contributed by atoms with Gasteiger partial charge in [-0.05, 0) is 50.0 Å². The van der Waals surface area contributed by atoms with Crippen molar-refractivity contribution in [2.24, 2.45) is 23.2 Å². The molecule has 3 atom stereocenters. The lowest BCUT2D eigenvalue weighted by Crippen LogP contribution is -2.46. The van der Waals surface area contributed by atoms with Gasteiger partial charge >= 0.3 is 0 Å². The summed E-state index contributed by atoms with van der Waals surface area (Å²) < 4.78 is 0. The lowest BCUT2D eigenvalue weighted by atomic mass is 9.59. The van der Waals surface area contributed by atoms with Crippen molar-refractivity contribution in [3.8, 4) is 0 Å². The molecular weight excluding hydrogens is 230 g/mol. The van der Waals surface area contributed by atoms with E-state index in [9.17, 15) is 0 Å². The molecule has 0 radical (unpaired) electrons. The summed E-state index contributed by atoms with van der Waals surface area (Å²) in [6, 6.07) is 0. The van der Waals surface area contributed by atoms with Crippen LogP contribution in [0.25, 0.3) is 0 Å². The molecule has 1 N–H and O–H groups in total. The summed E-state index contributed by atoms with van der Waals surface area (Å²) in [6.45, 7) is 22.5. The van der Waals surface area contributed by atoms with Crippen molar-refractivity contribution >= 4 is 0 Å². The molecule has 19 heavy (non-hydrogen) atoms. The maximum absolute atomic E-state index is 3.63. The molecule has 0 fully saturated rings. The summed E-state index contributed by atoms with van der Waals surface area (Å²) >= 11 is 0. The second-order valence-corrected chi connectivity index (χ2v) is 7.73. The van der Waals surface area contributed by atoms with Crippen LogP contribution in [0.5, 0.6) is 0 Å². The van der Waals surface area contributed by atoms with Gasteiger partial charge in [0.1, 0.15) is 0 Å². The van der Waals surface area contributed by atoms with Crippen molar-refractivity contribution in [3.05, 3.63) is 0 Å². The van der Waals surface area contributed by atoms with Crippen molar-refractivity contribution in [2.45, 2.75) is 87.1 Å². The van der Waals surface area contributed by atoms with Crippen LogP contribution < -0.4 is 5.32 Å². The van der Waals surface area contributed by atoms with Crippen molar-refractivity contribution in [2.75, 3.05) is 6.54 Å². The van der Waals surface area contributed by atoms with Gasteiger partial charge in [-0.25, -0.2) is 0 Å². The van der Waals surface area contributed by atoms with Gasteiger partial charge in [0.05, 0.1) is 0 Å². The Morgan fingerprint density at radius 3 is 1.79 bits per heavy atom. The average Bonchev–Trinajstić information content (AvgIpc) is 2.26. The average molecular weight is 270 g/mol. The largest absolute Gasteiger partial charge is 0.312 e. The van der Waals surface area contributed by atoms with Crippen molar-refractivity contribution in [1.82, 2.24) is 5.32 Å². The Bertz CT molecular complexity index is 244. The molecule has 0 aliphatic heterocycles. The molecule has 0 saturated carbocycles. The summed E-state index contributed by atoms with van der Waals surface area (Å²) in [4.78, 5) is 0. The third-order valence-electron chi connectivity index (χ3n) is 5.56. The monoisotopic (exact) mass is 269 g/mol. The van der Waals surface area contributed by atoms with Crippen molar-refractivity contribution in [3.63, 3.8) is 0 Å². The fourth-order valence-electron chi connectivity index (χ4n) is 3.90. The number of nitrogens with one attached hydrogen (secondary N) is 1. The molecule has 0 aromatic heterocycles. The Kier molecular flexibility index (Phi) is 7.65. The summed E-state index contributed by atoms with van der Waals surface area (Å²) in [5.74, 6) is 2.27. The molecule has 0 saturated heterocycles. The summed E-state index contributed by atoms with van der Waals surface area (Å²) in [5.41, 5.74) is 0.680. The normalized spacial score (nSPS) is 19.3. The van der Waals surface area contributed by atoms with E-state index in [1.807, 2.05) is 0 Å². The first kappa shape index (κ1) is 19.0. The van der Waals surface area contributed by atoms with Gasteiger partial charge in [0.25, 0.3) is 0 Å². The third-order valence-corrected chi connectivity index (χ3v) is 5.56. The lowest BCUT2D eigenvalue weighted by Gasteiger charge is -2.47. The minimum Gasteiger partial charge on any atom is -0.312 e. The molecule has 0 rings (SSSR count). The number of hydrogen-bond donors (Lipinski definition) is 1. The fraction of sp³-hybridized carbons (Fsp3) is 1.00. The second kappa shape index (κ2) is 7.67. The molecule has 0 spiro atoms. The van der Waals surface area contributed by atoms with E-state index in [2.05, 4.69) is 67.6 Å². The molecule has 0 aromatic carbocycles. The van der Waals surface area contributed by atoms with Gasteiger partial charge < -0.3 is 5.32 Å². The van der Waals surface area contributed by atoms with Crippen LogP contribution in [0.3, 0.4) is 0 Å². The van der Waals surface area contributed by atoms with Crippen LogP contribution >= 0.6 is 0 Å². The highest BCUT2D eigenvalue weighted by molar-refractivity contribution is 4.92. The molecule has 0 aliphatic carbocycles. The van der Waals surface area contributed by atoms with Gasteiger partial charge in [0, 0.05) is 5.54 Å². The van der Waals surface area contributed by atoms with Crippen molar-refractivity contribution in [1.29, 1.82) is 0 Å². The zero-order valence-corrected chi connectivity index (χ0v) is 15.1. The molecule has 0 aromatic rings. The Labute approximate surface area is 122 Å². The SMILES string of the molecule is CCCC(C)C(C)(C(C)C)[C@H](C)CC(C)(C)NCC. The van der Waals surface area contributed by atoms with Crippen LogP contribution in [-0.2, 0) is 0 Å². The molecule has 2 unspecified atom stereocenters. The Hall–Kier alpha value is -0.0400. The maximum atomic E-state index is 3.63. The van der Waals surface area contributed by atoms with E-state index in [1.165, 1.54) is 19.3 Å². The zero-order valence-electron chi connectivity index (χ0n) is 15.1. The van der Waals surface area contributed by atoms with Crippen LogP contribution in [0.4, 0.5) is 0 Å². The van der Waals surface area contributed by atoms with E-state index in [1.54, 1.807) is 0 Å². The second-order valence-electron chi connectivity index (χ2n) is 7.73. The summed E-state index contributed by atoms with van der Waals surface area (Å²) in [7, 11) is 0. The Morgan fingerprint density at radius 1 is 0.895 bits per heavy atom. The maximum Gasteiger partial charge on any atom is 0.0127 e. The minimum atomic E-state index is 0.246. The Morgan fingerprint density at radius 2 is 1.42 bits per heavy atom. The quantitative estimate of drug-likeness (QED) is 0.583. The van der Waals surface area contributed by atoms with E-state index in [0.29, 0.717) is 5.41 Å². The molecular formula is C18H39N. The van der Waals surface area contributed by atoms with E-state index in [4.69, 9.17) is 0 Å². The van der Waals surface area contributed by atoms with E-state index in [0.717, 1.165) is 24.3 Å². The highest BCUT2D eigenvalue weighted by Gasteiger charge is 2.40. The molecule has 0 heterocycles. The lowest BCUT2D eigenvalue weighted by molar-refractivity contribution is 0.0301. The van der Waals surface area contributed by atoms with Crippen LogP contribution in [0.1, 0.15) is 81.6 Å². The molecule has 0 amide bonds. The van der Waals surface area contributed by atoms with E-state index in [-0.39, 0.29) is 5.54 Å². The highest BCUT2D eigenvalue weighted by Crippen LogP contribution is 2.47. The molecule has 116 valence electrons. The summed E-state index contributed by atoms with van der Waals surface area (Å²) in [5, 5.41) is 3.63. The van der Waals surface area contributed by atoms with Crippen LogP contribution in [-0.4, -0.2) is 12.1 Å².